The number of rotatable bonds is 5. The van der Waals surface area contributed by atoms with E-state index < -0.39 is 0 Å². The van der Waals surface area contributed by atoms with Crippen LogP contribution >= 0.6 is 11.3 Å². The zero-order valence-electron chi connectivity index (χ0n) is 10.0. The average molecular weight is 252 g/mol. The highest BCUT2D eigenvalue weighted by molar-refractivity contribution is 7.09. The maximum Gasteiger partial charge on any atom is 0.220 e. The van der Waals surface area contributed by atoms with E-state index in [4.69, 9.17) is 5.73 Å². The zero-order valence-corrected chi connectivity index (χ0v) is 10.8. The Balaban J connectivity index is 1.61. The van der Waals surface area contributed by atoms with Crippen LogP contribution in [0, 0.1) is 0 Å². The zero-order chi connectivity index (χ0) is 12.1. The summed E-state index contributed by atoms with van der Waals surface area (Å²) in [6, 6.07) is 4.78. The van der Waals surface area contributed by atoms with Crippen molar-refractivity contribution in [2.75, 3.05) is 0 Å². The van der Waals surface area contributed by atoms with E-state index in [1.54, 1.807) is 11.3 Å². The van der Waals surface area contributed by atoms with E-state index in [0.29, 0.717) is 12.5 Å². The molecule has 1 fully saturated rings. The van der Waals surface area contributed by atoms with E-state index in [9.17, 15) is 4.79 Å². The maximum atomic E-state index is 11.7. The molecule has 17 heavy (non-hydrogen) atoms. The number of nitrogens with two attached hydrogens (primary N) is 1. The van der Waals surface area contributed by atoms with Crippen molar-refractivity contribution >= 4 is 17.2 Å². The summed E-state index contributed by atoms with van der Waals surface area (Å²) in [6.45, 7) is 0. The molecule has 0 radical (unpaired) electrons. The van der Waals surface area contributed by atoms with E-state index in [1.165, 1.54) is 4.88 Å². The fraction of sp³-hybridized carbons (Fsp3) is 0.615. The van der Waals surface area contributed by atoms with Gasteiger partial charge in [-0.15, -0.1) is 11.3 Å². The highest BCUT2D eigenvalue weighted by Gasteiger charge is 2.22. The molecule has 0 aromatic carbocycles. The Bertz CT molecular complexity index is 350. The number of thiophene rings is 1. The molecule has 1 aromatic rings. The molecule has 0 bridgehead atoms. The van der Waals surface area contributed by atoms with Crippen molar-refractivity contribution in [3.63, 3.8) is 0 Å². The molecule has 3 N–H and O–H groups in total. The molecule has 2 atom stereocenters. The normalized spacial score (nSPS) is 23.8. The number of hydrogen-bond donors (Lipinski definition) is 2. The first-order valence-corrected chi connectivity index (χ1v) is 7.19. The largest absolute Gasteiger partial charge is 0.353 e. The minimum Gasteiger partial charge on any atom is -0.353 e. The van der Waals surface area contributed by atoms with Crippen molar-refractivity contribution in [3.05, 3.63) is 22.4 Å². The Morgan fingerprint density at radius 1 is 1.53 bits per heavy atom. The van der Waals surface area contributed by atoms with Crippen LogP contribution in [0.25, 0.3) is 0 Å². The smallest absolute Gasteiger partial charge is 0.220 e. The van der Waals surface area contributed by atoms with Gasteiger partial charge in [0.1, 0.15) is 0 Å². The van der Waals surface area contributed by atoms with Crippen molar-refractivity contribution in [3.8, 4) is 0 Å². The van der Waals surface area contributed by atoms with Gasteiger partial charge in [0.15, 0.2) is 0 Å². The Morgan fingerprint density at radius 2 is 2.41 bits per heavy atom. The van der Waals surface area contributed by atoms with E-state index >= 15 is 0 Å². The summed E-state index contributed by atoms with van der Waals surface area (Å²) in [6.07, 6.45) is 5.60. The van der Waals surface area contributed by atoms with Crippen molar-refractivity contribution in [2.24, 2.45) is 5.73 Å². The number of carbonyl (C=O) groups is 1. The molecule has 1 aliphatic carbocycles. The standard InChI is InChI=1S/C13H20N2OS/c14-10-6-7-11(9-10)15-13(16)5-1-3-12-4-2-8-17-12/h2,4,8,10-11H,1,3,5-7,9,14H2,(H,15,16). The molecular weight excluding hydrogens is 232 g/mol. The number of hydrogen-bond acceptors (Lipinski definition) is 3. The van der Waals surface area contributed by atoms with Gasteiger partial charge in [0, 0.05) is 23.4 Å². The molecule has 1 aliphatic rings. The Hall–Kier alpha value is -0.870. The summed E-state index contributed by atoms with van der Waals surface area (Å²) < 4.78 is 0. The van der Waals surface area contributed by atoms with Crippen LogP contribution < -0.4 is 11.1 Å². The monoisotopic (exact) mass is 252 g/mol. The van der Waals surface area contributed by atoms with Gasteiger partial charge in [0.05, 0.1) is 0 Å². The molecule has 3 nitrogen and oxygen atoms in total. The van der Waals surface area contributed by atoms with Crippen LogP contribution in [0.15, 0.2) is 17.5 Å². The van der Waals surface area contributed by atoms with E-state index in [-0.39, 0.29) is 11.9 Å². The van der Waals surface area contributed by atoms with Crippen LogP contribution in [0.1, 0.15) is 37.0 Å². The van der Waals surface area contributed by atoms with Gasteiger partial charge in [-0.1, -0.05) is 6.07 Å². The lowest BCUT2D eigenvalue weighted by Gasteiger charge is -2.11. The van der Waals surface area contributed by atoms with E-state index in [1.807, 2.05) is 0 Å². The minimum absolute atomic E-state index is 0.181. The molecule has 1 aromatic heterocycles. The third-order valence-corrected chi connectivity index (χ3v) is 4.18. The summed E-state index contributed by atoms with van der Waals surface area (Å²) >= 11 is 1.76. The van der Waals surface area contributed by atoms with E-state index in [0.717, 1.165) is 32.1 Å². The lowest BCUT2D eigenvalue weighted by Crippen LogP contribution is -2.33. The van der Waals surface area contributed by atoms with Gasteiger partial charge >= 0.3 is 0 Å². The SMILES string of the molecule is NC1CCC(NC(=O)CCCc2cccs2)C1. The maximum absolute atomic E-state index is 11.7. The van der Waals surface area contributed by atoms with Crippen molar-refractivity contribution in [2.45, 2.75) is 50.6 Å². The van der Waals surface area contributed by atoms with Crippen LogP contribution in [0.2, 0.25) is 0 Å². The van der Waals surface area contributed by atoms with Crippen molar-refractivity contribution in [1.29, 1.82) is 0 Å². The minimum atomic E-state index is 0.181. The summed E-state index contributed by atoms with van der Waals surface area (Å²) in [7, 11) is 0. The van der Waals surface area contributed by atoms with Gasteiger partial charge in [0.2, 0.25) is 5.91 Å². The van der Waals surface area contributed by atoms with Gasteiger partial charge in [-0.2, -0.15) is 0 Å². The predicted octanol–water partition coefficient (Wildman–Crippen LogP) is 2.07. The average Bonchev–Trinajstić information content (AvgIpc) is 2.90. The highest BCUT2D eigenvalue weighted by Crippen LogP contribution is 2.17. The highest BCUT2D eigenvalue weighted by atomic mass is 32.1. The van der Waals surface area contributed by atoms with E-state index in [2.05, 4.69) is 22.8 Å². The van der Waals surface area contributed by atoms with Crippen molar-refractivity contribution in [1.82, 2.24) is 5.32 Å². The topological polar surface area (TPSA) is 55.1 Å². The Morgan fingerprint density at radius 3 is 3.06 bits per heavy atom. The van der Waals surface area contributed by atoms with Crippen molar-refractivity contribution < 1.29 is 4.79 Å². The predicted molar refractivity (Wildman–Crippen MR) is 71.0 cm³/mol. The first kappa shape index (κ1) is 12.6. The lowest BCUT2D eigenvalue weighted by molar-refractivity contribution is -0.121. The molecule has 1 heterocycles. The van der Waals surface area contributed by atoms with Crippen LogP contribution in [0.4, 0.5) is 0 Å². The Labute approximate surface area is 106 Å². The number of amides is 1. The third-order valence-electron chi connectivity index (χ3n) is 3.25. The second-order valence-corrected chi connectivity index (χ2v) is 5.80. The van der Waals surface area contributed by atoms with Gasteiger partial charge in [-0.05, 0) is 43.6 Å². The fourth-order valence-corrected chi connectivity index (χ4v) is 3.08. The van der Waals surface area contributed by atoms with Crippen LogP contribution in [0.3, 0.4) is 0 Å². The summed E-state index contributed by atoms with van der Waals surface area (Å²) in [5.74, 6) is 0.181. The van der Waals surface area contributed by atoms with Gasteiger partial charge < -0.3 is 11.1 Å². The molecule has 0 spiro atoms. The molecule has 1 saturated carbocycles. The van der Waals surface area contributed by atoms with Crippen LogP contribution in [0.5, 0.6) is 0 Å². The number of aryl methyl sites for hydroxylation is 1. The second kappa shape index (κ2) is 6.17. The van der Waals surface area contributed by atoms with Gasteiger partial charge in [0.25, 0.3) is 0 Å². The summed E-state index contributed by atoms with van der Waals surface area (Å²) in [4.78, 5) is 13.0. The van der Waals surface area contributed by atoms with Gasteiger partial charge in [-0.25, -0.2) is 0 Å². The lowest BCUT2D eigenvalue weighted by atomic mass is 10.2. The second-order valence-electron chi connectivity index (χ2n) is 4.77. The number of carbonyl (C=O) groups excluding carboxylic acids is 1. The van der Waals surface area contributed by atoms with Gasteiger partial charge in [-0.3, -0.25) is 4.79 Å². The molecule has 2 unspecified atom stereocenters. The first-order valence-electron chi connectivity index (χ1n) is 6.31. The van der Waals surface area contributed by atoms with Crippen LogP contribution in [-0.4, -0.2) is 18.0 Å². The third kappa shape index (κ3) is 4.13. The molecule has 0 saturated heterocycles. The first-order chi connectivity index (χ1) is 8.24. The van der Waals surface area contributed by atoms with Crippen LogP contribution in [-0.2, 0) is 11.2 Å². The fourth-order valence-electron chi connectivity index (χ4n) is 2.33. The molecule has 4 heteroatoms. The number of nitrogens with one attached hydrogen (secondary N) is 1. The summed E-state index contributed by atoms with van der Waals surface area (Å²) in [5.41, 5.74) is 5.82. The molecular formula is C13H20N2OS. The molecule has 2 rings (SSSR count). The molecule has 94 valence electrons. The Kier molecular flexibility index (Phi) is 4.57. The summed E-state index contributed by atoms with van der Waals surface area (Å²) in [5, 5.41) is 5.15. The molecule has 0 aliphatic heterocycles. The quantitative estimate of drug-likeness (QED) is 0.843. The molecule has 1 amide bonds.